The molecule has 1 fully saturated rings. The van der Waals surface area contributed by atoms with Crippen molar-refractivity contribution in [2.24, 2.45) is 5.92 Å². The van der Waals surface area contributed by atoms with E-state index in [0.29, 0.717) is 17.0 Å². The summed E-state index contributed by atoms with van der Waals surface area (Å²) in [4.78, 5) is 23.7. The minimum absolute atomic E-state index is 0.0111. The topological polar surface area (TPSA) is 87.7 Å². The fraction of sp³-hybridized carbons (Fsp3) is 0.556. The van der Waals surface area contributed by atoms with Crippen molar-refractivity contribution in [3.05, 3.63) is 23.8 Å². The molecule has 0 aromatic heterocycles. The van der Waals surface area contributed by atoms with Crippen LogP contribution in [0.25, 0.3) is 0 Å². The number of fused-ring (bicyclic) bond motifs is 1. The largest absolute Gasteiger partial charge is 0.482 e. The molecular formula is C18H24N2O4. The first-order chi connectivity index (χ1) is 11.5. The molecule has 2 aliphatic rings. The first kappa shape index (κ1) is 16.8. The molecule has 6 nitrogen and oxygen atoms in total. The molecule has 3 N–H and O–H groups in total. The van der Waals surface area contributed by atoms with Crippen LogP contribution < -0.4 is 15.4 Å². The second kappa shape index (κ2) is 6.81. The first-order valence-corrected chi connectivity index (χ1v) is 8.53. The SMILES string of the molecule is CC(O)(CNC(=O)c1ccc2c(c1)NC(=O)CO2)C1CCCCC1. The summed E-state index contributed by atoms with van der Waals surface area (Å²) in [5.74, 6) is 0.275. The van der Waals surface area contributed by atoms with Crippen LogP contribution in [0.3, 0.4) is 0 Å². The maximum absolute atomic E-state index is 12.4. The quantitative estimate of drug-likeness (QED) is 0.788. The zero-order chi connectivity index (χ0) is 17.2. The van der Waals surface area contributed by atoms with Gasteiger partial charge in [0.2, 0.25) is 0 Å². The van der Waals surface area contributed by atoms with Gasteiger partial charge in [-0.15, -0.1) is 0 Å². The molecule has 1 heterocycles. The van der Waals surface area contributed by atoms with Crippen LogP contribution in [0.5, 0.6) is 5.75 Å². The minimum atomic E-state index is -0.901. The van der Waals surface area contributed by atoms with E-state index >= 15 is 0 Å². The summed E-state index contributed by atoms with van der Waals surface area (Å²) in [5, 5.41) is 16.2. The lowest BCUT2D eigenvalue weighted by atomic mass is 9.78. The monoisotopic (exact) mass is 332 g/mol. The highest BCUT2D eigenvalue weighted by atomic mass is 16.5. The zero-order valence-electron chi connectivity index (χ0n) is 13.9. The Labute approximate surface area is 141 Å². The van der Waals surface area contributed by atoms with Gasteiger partial charge in [0.1, 0.15) is 5.75 Å². The Morgan fingerprint density at radius 1 is 1.38 bits per heavy atom. The molecule has 0 radical (unpaired) electrons. The lowest BCUT2D eigenvalue weighted by molar-refractivity contribution is -0.118. The highest BCUT2D eigenvalue weighted by molar-refractivity contribution is 5.99. The van der Waals surface area contributed by atoms with Gasteiger partial charge in [-0.3, -0.25) is 9.59 Å². The molecular weight excluding hydrogens is 308 g/mol. The van der Waals surface area contributed by atoms with Crippen molar-refractivity contribution < 1.29 is 19.4 Å². The van der Waals surface area contributed by atoms with E-state index in [9.17, 15) is 14.7 Å². The van der Waals surface area contributed by atoms with Crippen molar-refractivity contribution in [1.29, 1.82) is 0 Å². The molecule has 1 aliphatic carbocycles. The molecule has 1 aromatic rings. The smallest absolute Gasteiger partial charge is 0.262 e. The van der Waals surface area contributed by atoms with Crippen LogP contribution in [0, 0.1) is 5.92 Å². The Hall–Kier alpha value is -2.08. The van der Waals surface area contributed by atoms with E-state index in [1.165, 1.54) is 6.42 Å². The molecule has 24 heavy (non-hydrogen) atoms. The van der Waals surface area contributed by atoms with Crippen LogP contribution in [-0.2, 0) is 4.79 Å². The molecule has 0 saturated heterocycles. The zero-order valence-corrected chi connectivity index (χ0v) is 13.9. The number of aliphatic hydroxyl groups is 1. The molecule has 0 spiro atoms. The van der Waals surface area contributed by atoms with E-state index in [2.05, 4.69) is 10.6 Å². The van der Waals surface area contributed by atoms with Crippen LogP contribution in [0.4, 0.5) is 5.69 Å². The van der Waals surface area contributed by atoms with E-state index in [0.717, 1.165) is 25.7 Å². The summed E-state index contributed by atoms with van der Waals surface area (Å²) in [6.07, 6.45) is 5.51. The van der Waals surface area contributed by atoms with Crippen LogP contribution >= 0.6 is 0 Å². The number of amides is 2. The third-order valence-electron chi connectivity index (χ3n) is 4.97. The number of hydrogen-bond donors (Lipinski definition) is 3. The summed E-state index contributed by atoms with van der Waals surface area (Å²) in [6, 6.07) is 4.92. The molecule has 1 aliphatic heterocycles. The molecule has 2 amide bonds. The Balaban J connectivity index is 1.62. The van der Waals surface area contributed by atoms with E-state index in [1.54, 1.807) is 25.1 Å². The fourth-order valence-electron chi connectivity index (χ4n) is 3.45. The van der Waals surface area contributed by atoms with Gasteiger partial charge in [0.25, 0.3) is 11.8 Å². The number of ether oxygens (including phenoxy) is 1. The Bertz CT molecular complexity index is 636. The predicted octanol–water partition coefficient (Wildman–Crippen LogP) is 2.08. The third-order valence-corrected chi connectivity index (χ3v) is 4.97. The lowest BCUT2D eigenvalue weighted by Gasteiger charge is -2.35. The summed E-state index contributed by atoms with van der Waals surface area (Å²) in [7, 11) is 0. The van der Waals surface area contributed by atoms with E-state index in [4.69, 9.17) is 4.74 Å². The van der Waals surface area contributed by atoms with Gasteiger partial charge in [0, 0.05) is 12.1 Å². The average molecular weight is 332 g/mol. The Kier molecular flexibility index (Phi) is 4.76. The second-order valence-electron chi connectivity index (χ2n) is 6.92. The molecule has 0 bridgehead atoms. The van der Waals surface area contributed by atoms with Gasteiger partial charge in [0.05, 0.1) is 11.3 Å². The van der Waals surface area contributed by atoms with Gasteiger partial charge in [-0.25, -0.2) is 0 Å². The Morgan fingerprint density at radius 2 is 2.12 bits per heavy atom. The summed E-state index contributed by atoms with van der Waals surface area (Å²) in [6.45, 7) is 2.00. The van der Waals surface area contributed by atoms with Gasteiger partial charge in [-0.1, -0.05) is 19.3 Å². The molecule has 1 unspecified atom stereocenters. The minimum Gasteiger partial charge on any atom is -0.482 e. The van der Waals surface area contributed by atoms with Crippen LogP contribution in [0.1, 0.15) is 49.4 Å². The van der Waals surface area contributed by atoms with Gasteiger partial charge in [0.15, 0.2) is 6.61 Å². The Morgan fingerprint density at radius 3 is 2.88 bits per heavy atom. The van der Waals surface area contributed by atoms with Crippen LogP contribution in [0.2, 0.25) is 0 Å². The summed E-state index contributed by atoms with van der Waals surface area (Å²) in [5.41, 5.74) is 0.0265. The van der Waals surface area contributed by atoms with Crippen molar-refractivity contribution in [3.8, 4) is 5.75 Å². The molecule has 1 aromatic carbocycles. The van der Waals surface area contributed by atoms with Gasteiger partial charge >= 0.3 is 0 Å². The molecule has 1 saturated carbocycles. The van der Waals surface area contributed by atoms with Gasteiger partial charge in [-0.2, -0.15) is 0 Å². The standard InChI is InChI=1S/C18H24N2O4/c1-18(23,13-5-3-2-4-6-13)11-19-17(22)12-7-8-15-14(9-12)20-16(21)10-24-15/h7-9,13,23H,2-6,10-11H2,1H3,(H,19,22)(H,20,21). The molecule has 6 heteroatoms. The maximum atomic E-state index is 12.4. The summed E-state index contributed by atoms with van der Waals surface area (Å²) >= 11 is 0. The van der Waals surface area contributed by atoms with E-state index in [1.807, 2.05) is 0 Å². The number of carbonyl (C=O) groups excluding carboxylic acids is 2. The number of nitrogens with one attached hydrogen (secondary N) is 2. The highest BCUT2D eigenvalue weighted by Crippen LogP contribution is 2.32. The van der Waals surface area contributed by atoms with E-state index in [-0.39, 0.29) is 30.9 Å². The van der Waals surface area contributed by atoms with Crippen molar-refractivity contribution in [1.82, 2.24) is 5.32 Å². The number of anilines is 1. The van der Waals surface area contributed by atoms with Crippen molar-refractivity contribution in [2.75, 3.05) is 18.5 Å². The van der Waals surface area contributed by atoms with E-state index < -0.39 is 5.60 Å². The van der Waals surface area contributed by atoms with Crippen molar-refractivity contribution >= 4 is 17.5 Å². The number of rotatable bonds is 4. The first-order valence-electron chi connectivity index (χ1n) is 8.53. The predicted molar refractivity (Wildman–Crippen MR) is 90.1 cm³/mol. The fourth-order valence-corrected chi connectivity index (χ4v) is 3.45. The number of benzene rings is 1. The second-order valence-corrected chi connectivity index (χ2v) is 6.92. The summed E-state index contributed by atoms with van der Waals surface area (Å²) < 4.78 is 5.28. The molecule has 1 atom stereocenters. The number of hydrogen-bond acceptors (Lipinski definition) is 4. The molecule has 130 valence electrons. The number of carbonyl (C=O) groups is 2. The average Bonchev–Trinajstić information content (AvgIpc) is 2.60. The van der Waals surface area contributed by atoms with Gasteiger partial charge < -0.3 is 20.5 Å². The maximum Gasteiger partial charge on any atom is 0.262 e. The van der Waals surface area contributed by atoms with Gasteiger partial charge in [-0.05, 0) is 43.9 Å². The van der Waals surface area contributed by atoms with Crippen LogP contribution in [0.15, 0.2) is 18.2 Å². The van der Waals surface area contributed by atoms with Crippen molar-refractivity contribution in [2.45, 2.75) is 44.6 Å². The normalized spacial score (nSPS) is 20.3. The lowest BCUT2D eigenvalue weighted by Crippen LogP contribution is -2.46. The van der Waals surface area contributed by atoms with Crippen LogP contribution in [-0.4, -0.2) is 35.7 Å². The van der Waals surface area contributed by atoms with Crippen molar-refractivity contribution in [3.63, 3.8) is 0 Å². The third kappa shape index (κ3) is 3.70. The molecule has 3 rings (SSSR count). The highest BCUT2D eigenvalue weighted by Gasteiger charge is 2.33.